The number of nitrogens with zero attached hydrogens (tertiary/aromatic N) is 5. The van der Waals surface area contributed by atoms with Crippen molar-refractivity contribution < 1.29 is 9.18 Å². The Hall–Kier alpha value is -1.82. The van der Waals surface area contributed by atoms with Crippen LogP contribution in [-0.4, -0.2) is 65.5 Å². The maximum Gasteiger partial charge on any atom is 0.246 e. The highest BCUT2D eigenvalue weighted by Gasteiger charge is 2.27. The number of aryl methyl sites for hydroxylation is 1. The monoisotopic (exact) mass is 518 g/mol. The van der Waals surface area contributed by atoms with E-state index in [0.717, 1.165) is 16.3 Å². The maximum absolute atomic E-state index is 12.9. The van der Waals surface area contributed by atoms with E-state index < -0.39 is 0 Å². The Morgan fingerprint density at radius 3 is 2.68 bits per heavy atom. The molecule has 152 valence electrons. The fourth-order valence-electron chi connectivity index (χ4n) is 2.87. The van der Waals surface area contributed by atoms with Crippen LogP contribution in [0.1, 0.15) is 0 Å². The van der Waals surface area contributed by atoms with E-state index >= 15 is 0 Å². The largest absolute Gasteiger partial charge is 0.355 e. The predicted molar refractivity (Wildman–Crippen MR) is 121 cm³/mol. The van der Waals surface area contributed by atoms with E-state index in [1.165, 1.54) is 12.1 Å². The van der Waals surface area contributed by atoms with Crippen molar-refractivity contribution in [3.05, 3.63) is 42.5 Å². The minimum absolute atomic E-state index is 0. The van der Waals surface area contributed by atoms with E-state index in [4.69, 9.17) is 0 Å². The lowest BCUT2D eigenvalue weighted by Crippen LogP contribution is -2.55. The Kier molecular flexibility index (Phi) is 8.55. The van der Waals surface area contributed by atoms with E-state index in [1.54, 1.807) is 46.7 Å². The summed E-state index contributed by atoms with van der Waals surface area (Å²) >= 11 is 1.64. The number of nitrogens with one attached hydrogen (secondary N) is 1. The molecule has 10 heteroatoms. The Morgan fingerprint density at radius 1 is 1.32 bits per heavy atom. The molecule has 3 rings (SSSR count). The number of anilines is 1. The van der Waals surface area contributed by atoms with Crippen LogP contribution in [0.3, 0.4) is 0 Å². The van der Waals surface area contributed by atoms with Gasteiger partial charge in [0.2, 0.25) is 5.91 Å². The fourth-order valence-corrected chi connectivity index (χ4v) is 3.64. The lowest BCUT2D eigenvalue weighted by Gasteiger charge is -2.35. The zero-order valence-corrected chi connectivity index (χ0v) is 19.0. The molecule has 0 aliphatic carbocycles. The van der Waals surface area contributed by atoms with Gasteiger partial charge in [0, 0.05) is 50.6 Å². The van der Waals surface area contributed by atoms with Crippen molar-refractivity contribution in [2.24, 2.45) is 12.0 Å². The van der Waals surface area contributed by atoms with E-state index in [2.05, 4.69) is 15.4 Å². The molecule has 1 saturated heterocycles. The number of rotatable bonds is 5. The second-order valence-electron chi connectivity index (χ2n) is 6.12. The minimum atomic E-state index is -0.229. The molecule has 0 saturated carbocycles. The van der Waals surface area contributed by atoms with Gasteiger partial charge < -0.3 is 15.1 Å². The highest BCUT2D eigenvalue weighted by atomic mass is 127. The van der Waals surface area contributed by atoms with E-state index in [9.17, 15) is 9.18 Å². The lowest BCUT2D eigenvalue weighted by molar-refractivity contribution is -0.120. The van der Waals surface area contributed by atoms with Crippen molar-refractivity contribution in [1.29, 1.82) is 0 Å². The molecule has 0 spiro atoms. The summed E-state index contributed by atoms with van der Waals surface area (Å²) in [6.07, 6.45) is 3.54. The van der Waals surface area contributed by atoms with Crippen LogP contribution in [0.4, 0.5) is 10.1 Å². The molecule has 1 N–H and O–H groups in total. The minimum Gasteiger partial charge on any atom is -0.355 e. The molecule has 1 fully saturated rings. The Labute approximate surface area is 185 Å². The number of benzene rings is 1. The second kappa shape index (κ2) is 10.6. The zero-order chi connectivity index (χ0) is 19.2. The van der Waals surface area contributed by atoms with Crippen molar-refractivity contribution in [2.75, 3.05) is 43.9 Å². The van der Waals surface area contributed by atoms with Gasteiger partial charge in [0.1, 0.15) is 12.4 Å². The molecule has 28 heavy (non-hydrogen) atoms. The topological polar surface area (TPSA) is 65.8 Å². The first-order valence-corrected chi connectivity index (χ1v) is 9.68. The van der Waals surface area contributed by atoms with Crippen LogP contribution in [0.25, 0.3) is 0 Å². The third-order valence-corrected chi connectivity index (χ3v) is 5.22. The van der Waals surface area contributed by atoms with E-state index in [-0.39, 0.29) is 42.2 Å². The second-order valence-corrected chi connectivity index (χ2v) is 7.28. The molecule has 1 aromatic carbocycles. The van der Waals surface area contributed by atoms with Crippen LogP contribution in [0.15, 0.2) is 46.5 Å². The van der Waals surface area contributed by atoms with Crippen molar-refractivity contribution in [1.82, 2.24) is 20.0 Å². The zero-order valence-electron chi connectivity index (χ0n) is 15.8. The summed E-state index contributed by atoms with van der Waals surface area (Å²) in [5, 5.41) is 7.42. The van der Waals surface area contributed by atoms with Crippen molar-refractivity contribution in [2.45, 2.75) is 4.90 Å². The molecule has 1 aliphatic rings. The number of aromatic nitrogens is 2. The number of halogens is 2. The molecule has 2 aromatic rings. The van der Waals surface area contributed by atoms with Crippen molar-refractivity contribution in [3.8, 4) is 0 Å². The molecule has 0 bridgehead atoms. The van der Waals surface area contributed by atoms with Gasteiger partial charge in [0.25, 0.3) is 0 Å². The Balaban J connectivity index is 0.00000280. The molecule has 0 radical (unpaired) electrons. The lowest BCUT2D eigenvalue weighted by atomic mass is 10.3. The third kappa shape index (κ3) is 5.84. The number of piperazine rings is 1. The Bertz CT molecular complexity index is 813. The van der Waals surface area contributed by atoms with Crippen molar-refractivity contribution in [3.63, 3.8) is 0 Å². The summed E-state index contributed by atoms with van der Waals surface area (Å²) in [5.74, 6) is 1.33. The van der Waals surface area contributed by atoms with Gasteiger partial charge >= 0.3 is 0 Å². The van der Waals surface area contributed by atoms with Crippen LogP contribution in [0.5, 0.6) is 0 Å². The molecule has 1 aliphatic heterocycles. The molecular weight excluding hydrogens is 494 g/mol. The van der Waals surface area contributed by atoms with Crippen LogP contribution < -0.4 is 10.2 Å². The number of aliphatic imine (C=N–C) groups is 1. The molecule has 1 amide bonds. The van der Waals surface area contributed by atoms with Gasteiger partial charge in [-0.25, -0.2) is 4.39 Å². The van der Waals surface area contributed by atoms with E-state index in [0.29, 0.717) is 25.6 Å². The van der Waals surface area contributed by atoms with Crippen LogP contribution >= 0.6 is 35.7 Å². The van der Waals surface area contributed by atoms with Gasteiger partial charge in [-0.15, -0.1) is 35.7 Å². The highest BCUT2D eigenvalue weighted by molar-refractivity contribution is 14.0. The fraction of sp³-hybridized carbons (Fsp3) is 0.389. The molecule has 7 nitrogen and oxygen atoms in total. The number of hydrogen-bond acceptors (Lipinski definition) is 4. The first kappa shape index (κ1) is 22.5. The molecular formula is C18H24FIN6OS. The summed E-state index contributed by atoms with van der Waals surface area (Å²) in [6.45, 7) is 2.27. The smallest absolute Gasteiger partial charge is 0.246 e. The summed E-state index contributed by atoms with van der Waals surface area (Å²) < 4.78 is 14.6. The highest BCUT2D eigenvalue weighted by Crippen LogP contribution is 2.18. The van der Waals surface area contributed by atoms with Gasteiger partial charge in [-0.05, 0) is 24.3 Å². The Morgan fingerprint density at radius 2 is 2.07 bits per heavy atom. The average molecular weight is 518 g/mol. The number of carbonyl (C=O) groups excluding carboxylic acids is 1. The van der Waals surface area contributed by atoms with Gasteiger partial charge in [-0.1, -0.05) is 0 Å². The quantitative estimate of drug-likeness (QED) is 0.216. The number of guanidine groups is 1. The average Bonchev–Trinajstić information content (AvgIpc) is 3.09. The molecule has 0 atom stereocenters. The number of hydrogen-bond donors (Lipinski definition) is 1. The summed E-state index contributed by atoms with van der Waals surface area (Å²) in [4.78, 5) is 21.5. The molecule has 0 unspecified atom stereocenters. The summed E-state index contributed by atoms with van der Waals surface area (Å²) in [7, 11) is 3.55. The summed E-state index contributed by atoms with van der Waals surface area (Å²) in [5.41, 5.74) is 0.820. The van der Waals surface area contributed by atoms with Gasteiger partial charge in [0.15, 0.2) is 5.96 Å². The molecule has 1 aromatic heterocycles. The predicted octanol–water partition coefficient (Wildman–Crippen LogP) is 2.19. The van der Waals surface area contributed by atoms with Crippen LogP contribution in [0.2, 0.25) is 0 Å². The van der Waals surface area contributed by atoms with Crippen molar-refractivity contribution >= 4 is 53.3 Å². The standard InChI is InChI=1S/C18H23FN6OS.HI/c1-20-18(21-7-10-27-16-5-3-14(19)4-6-16)24-8-9-25(17(26)13-24)15-11-22-23(2)12-15;/h3-6,11-12H,7-10,13H2,1-2H3,(H,20,21);1H. The first-order valence-electron chi connectivity index (χ1n) is 8.70. The summed E-state index contributed by atoms with van der Waals surface area (Å²) in [6, 6.07) is 6.46. The SMILES string of the molecule is CN=C(NCCSc1ccc(F)cc1)N1CCN(c2cnn(C)c2)C(=O)C1.I. The normalized spacial score (nSPS) is 14.8. The van der Waals surface area contributed by atoms with Crippen LogP contribution in [0, 0.1) is 5.82 Å². The van der Waals surface area contributed by atoms with E-state index in [1.807, 2.05) is 18.1 Å². The number of thioether (sulfide) groups is 1. The molecule has 2 heterocycles. The number of carbonyl (C=O) groups is 1. The van der Waals surface area contributed by atoms with Gasteiger partial charge in [-0.2, -0.15) is 5.10 Å². The number of amides is 1. The van der Waals surface area contributed by atoms with Crippen LogP contribution in [-0.2, 0) is 11.8 Å². The van der Waals surface area contributed by atoms with Gasteiger partial charge in [-0.3, -0.25) is 14.5 Å². The van der Waals surface area contributed by atoms with Gasteiger partial charge in [0.05, 0.1) is 11.9 Å². The first-order chi connectivity index (χ1) is 13.1. The maximum atomic E-state index is 12.9. The third-order valence-electron chi connectivity index (χ3n) is 4.20.